The van der Waals surface area contributed by atoms with Gasteiger partial charge in [0.15, 0.2) is 0 Å². The molecule has 1 aliphatic carbocycles. The van der Waals surface area contributed by atoms with Gasteiger partial charge >= 0.3 is 0 Å². The van der Waals surface area contributed by atoms with Crippen LogP contribution in [0.2, 0.25) is 0 Å². The first-order chi connectivity index (χ1) is 8.18. The van der Waals surface area contributed by atoms with E-state index in [-0.39, 0.29) is 6.04 Å². The number of anilines is 1. The van der Waals surface area contributed by atoms with E-state index in [9.17, 15) is 0 Å². The average Bonchev–Trinajstić information content (AvgIpc) is 2.39. The van der Waals surface area contributed by atoms with Crippen LogP contribution in [0.3, 0.4) is 0 Å². The highest BCUT2D eigenvalue weighted by Crippen LogP contribution is 2.25. The maximum absolute atomic E-state index is 5.91. The molecule has 1 atom stereocenters. The van der Waals surface area contributed by atoms with E-state index in [0.29, 0.717) is 6.04 Å². The van der Waals surface area contributed by atoms with Crippen molar-refractivity contribution in [3.05, 3.63) is 23.9 Å². The van der Waals surface area contributed by atoms with Crippen molar-refractivity contribution in [2.75, 3.05) is 11.9 Å². The molecule has 1 aliphatic rings. The van der Waals surface area contributed by atoms with Crippen LogP contribution in [0, 0.1) is 0 Å². The minimum absolute atomic E-state index is 0.0801. The van der Waals surface area contributed by atoms with Gasteiger partial charge in [-0.2, -0.15) is 0 Å². The average molecular weight is 233 g/mol. The standard InChI is InChI=1S/C14H23N3/c1-11(15)12-8-9-16-14(10-12)17(2)13-6-4-3-5-7-13/h8-11,13H,3-7,15H2,1-2H3/t11-/m1/s1. The lowest BCUT2D eigenvalue weighted by molar-refractivity contribution is 0.426. The summed E-state index contributed by atoms with van der Waals surface area (Å²) in [5.41, 5.74) is 7.08. The van der Waals surface area contributed by atoms with Crippen molar-refractivity contribution in [1.82, 2.24) is 4.98 Å². The number of rotatable bonds is 3. The second-order valence-corrected chi connectivity index (χ2v) is 5.14. The Balaban J connectivity index is 2.12. The number of aromatic nitrogens is 1. The van der Waals surface area contributed by atoms with Gasteiger partial charge in [0, 0.05) is 25.3 Å². The van der Waals surface area contributed by atoms with Crippen molar-refractivity contribution >= 4 is 5.82 Å². The molecule has 3 heteroatoms. The van der Waals surface area contributed by atoms with Gasteiger partial charge in [0.2, 0.25) is 0 Å². The van der Waals surface area contributed by atoms with Crippen molar-refractivity contribution < 1.29 is 0 Å². The van der Waals surface area contributed by atoms with Crippen LogP contribution >= 0.6 is 0 Å². The molecular formula is C14H23N3. The van der Waals surface area contributed by atoms with E-state index in [2.05, 4.69) is 23.0 Å². The van der Waals surface area contributed by atoms with Crippen LogP contribution < -0.4 is 10.6 Å². The molecule has 1 heterocycles. The summed E-state index contributed by atoms with van der Waals surface area (Å²) in [5, 5.41) is 0. The van der Waals surface area contributed by atoms with Gasteiger partial charge in [-0.05, 0) is 37.5 Å². The third-order valence-electron chi connectivity index (χ3n) is 3.78. The highest BCUT2D eigenvalue weighted by molar-refractivity contribution is 5.42. The van der Waals surface area contributed by atoms with Crippen molar-refractivity contribution in [1.29, 1.82) is 0 Å². The first-order valence-electron chi connectivity index (χ1n) is 6.63. The molecule has 2 N–H and O–H groups in total. The monoisotopic (exact) mass is 233 g/mol. The summed E-state index contributed by atoms with van der Waals surface area (Å²) in [7, 11) is 2.16. The highest BCUT2D eigenvalue weighted by Gasteiger charge is 2.19. The quantitative estimate of drug-likeness (QED) is 0.873. The zero-order valence-corrected chi connectivity index (χ0v) is 10.9. The van der Waals surface area contributed by atoms with Gasteiger partial charge < -0.3 is 10.6 Å². The first-order valence-corrected chi connectivity index (χ1v) is 6.63. The van der Waals surface area contributed by atoms with Gasteiger partial charge in [0.05, 0.1) is 0 Å². The molecule has 0 unspecified atom stereocenters. The smallest absolute Gasteiger partial charge is 0.128 e. The Bertz CT molecular complexity index is 356. The number of pyridine rings is 1. The lowest BCUT2D eigenvalue weighted by Gasteiger charge is -2.32. The lowest BCUT2D eigenvalue weighted by atomic mass is 9.94. The number of hydrogen-bond acceptors (Lipinski definition) is 3. The van der Waals surface area contributed by atoms with E-state index >= 15 is 0 Å². The predicted octanol–water partition coefficient (Wildman–Crippen LogP) is 2.87. The summed E-state index contributed by atoms with van der Waals surface area (Å²) in [5.74, 6) is 1.06. The normalized spacial score (nSPS) is 19.0. The molecule has 94 valence electrons. The summed E-state index contributed by atoms with van der Waals surface area (Å²) < 4.78 is 0. The van der Waals surface area contributed by atoms with Gasteiger partial charge in [-0.15, -0.1) is 0 Å². The zero-order chi connectivity index (χ0) is 12.3. The minimum atomic E-state index is 0.0801. The molecule has 1 aromatic heterocycles. The maximum Gasteiger partial charge on any atom is 0.128 e. The van der Waals surface area contributed by atoms with E-state index in [1.807, 2.05) is 19.2 Å². The van der Waals surface area contributed by atoms with E-state index in [0.717, 1.165) is 11.4 Å². The highest BCUT2D eigenvalue weighted by atomic mass is 15.2. The van der Waals surface area contributed by atoms with Crippen LogP contribution in [0.15, 0.2) is 18.3 Å². The second-order valence-electron chi connectivity index (χ2n) is 5.14. The fraction of sp³-hybridized carbons (Fsp3) is 0.643. The van der Waals surface area contributed by atoms with Gasteiger partial charge in [-0.25, -0.2) is 4.98 Å². The molecule has 0 bridgehead atoms. The minimum Gasteiger partial charge on any atom is -0.357 e. The summed E-state index contributed by atoms with van der Waals surface area (Å²) in [6.07, 6.45) is 8.54. The zero-order valence-electron chi connectivity index (χ0n) is 10.9. The fourth-order valence-corrected chi connectivity index (χ4v) is 2.57. The largest absolute Gasteiger partial charge is 0.357 e. The van der Waals surface area contributed by atoms with Crippen molar-refractivity contribution in [3.8, 4) is 0 Å². The molecule has 0 amide bonds. The molecule has 3 nitrogen and oxygen atoms in total. The molecule has 0 aromatic carbocycles. The third kappa shape index (κ3) is 2.97. The van der Waals surface area contributed by atoms with E-state index < -0.39 is 0 Å². The van der Waals surface area contributed by atoms with Crippen LogP contribution in [-0.2, 0) is 0 Å². The first kappa shape index (κ1) is 12.4. The van der Waals surface area contributed by atoms with E-state index in [4.69, 9.17) is 5.73 Å². The van der Waals surface area contributed by atoms with E-state index in [1.165, 1.54) is 32.1 Å². The number of nitrogens with two attached hydrogens (primary N) is 1. The topological polar surface area (TPSA) is 42.1 Å². The van der Waals surface area contributed by atoms with Gasteiger partial charge in [0.25, 0.3) is 0 Å². The molecule has 17 heavy (non-hydrogen) atoms. The predicted molar refractivity (Wildman–Crippen MR) is 72.1 cm³/mol. The Morgan fingerprint density at radius 1 is 1.35 bits per heavy atom. The summed E-state index contributed by atoms with van der Waals surface area (Å²) in [6.45, 7) is 2.01. The lowest BCUT2D eigenvalue weighted by Crippen LogP contribution is -2.34. The van der Waals surface area contributed by atoms with E-state index in [1.54, 1.807) is 0 Å². The molecule has 0 radical (unpaired) electrons. The van der Waals surface area contributed by atoms with Crippen molar-refractivity contribution in [2.45, 2.75) is 51.1 Å². The number of nitrogens with zero attached hydrogens (tertiary/aromatic N) is 2. The Labute approximate surface area is 104 Å². The Hall–Kier alpha value is -1.09. The van der Waals surface area contributed by atoms with Gasteiger partial charge in [0.1, 0.15) is 5.82 Å². The summed E-state index contributed by atoms with van der Waals surface area (Å²) >= 11 is 0. The Morgan fingerprint density at radius 2 is 2.06 bits per heavy atom. The fourth-order valence-electron chi connectivity index (χ4n) is 2.57. The van der Waals surface area contributed by atoms with Crippen molar-refractivity contribution in [2.24, 2.45) is 5.73 Å². The van der Waals surface area contributed by atoms with Crippen LogP contribution in [0.5, 0.6) is 0 Å². The Kier molecular flexibility index (Phi) is 4.00. The molecule has 1 aromatic rings. The molecule has 1 fully saturated rings. The maximum atomic E-state index is 5.91. The molecule has 0 aliphatic heterocycles. The second kappa shape index (κ2) is 5.50. The molecular weight excluding hydrogens is 210 g/mol. The summed E-state index contributed by atoms with van der Waals surface area (Å²) in [4.78, 5) is 6.79. The van der Waals surface area contributed by atoms with Crippen molar-refractivity contribution in [3.63, 3.8) is 0 Å². The third-order valence-corrected chi connectivity index (χ3v) is 3.78. The van der Waals surface area contributed by atoms with Gasteiger partial charge in [-0.3, -0.25) is 0 Å². The Morgan fingerprint density at radius 3 is 2.71 bits per heavy atom. The SMILES string of the molecule is C[C@@H](N)c1ccnc(N(C)C2CCCCC2)c1. The van der Waals surface area contributed by atoms with Gasteiger partial charge in [-0.1, -0.05) is 19.3 Å². The molecule has 2 rings (SSSR count). The summed E-state index contributed by atoms with van der Waals surface area (Å²) in [6, 6.07) is 4.86. The van der Waals surface area contributed by atoms with Crippen LogP contribution in [-0.4, -0.2) is 18.1 Å². The van der Waals surface area contributed by atoms with Crippen LogP contribution in [0.25, 0.3) is 0 Å². The molecule has 1 saturated carbocycles. The molecule has 0 spiro atoms. The van der Waals surface area contributed by atoms with Crippen LogP contribution in [0.4, 0.5) is 5.82 Å². The van der Waals surface area contributed by atoms with Crippen LogP contribution in [0.1, 0.15) is 50.6 Å². The molecule has 0 saturated heterocycles. The number of hydrogen-bond donors (Lipinski definition) is 1.